The molecule has 0 radical (unpaired) electrons. The molecule has 136 valence electrons. The van der Waals surface area contributed by atoms with Crippen LogP contribution in [0.2, 0.25) is 0 Å². The van der Waals surface area contributed by atoms with E-state index >= 15 is 0 Å². The molecule has 25 heavy (non-hydrogen) atoms. The lowest BCUT2D eigenvalue weighted by Gasteiger charge is -2.13. The van der Waals surface area contributed by atoms with Gasteiger partial charge in [0, 0.05) is 32.1 Å². The van der Waals surface area contributed by atoms with Crippen molar-refractivity contribution in [3.05, 3.63) is 44.8 Å². The summed E-state index contributed by atoms with van der Waals surface area (Å²) in [4.78, 5) is 17.2. The number of amides is 1. The maximum atomic E-state index is 11.8. The first-order chi connectivity index (χ1) is 12.2. The smallest absolute Gasteiger partial charge is 0.261 e. The third-order valence-corrected chi connectivity index (χ3v) is 5.23. The topological polar surface area (TPSA) is 65.5 Å². The van der Waals surface area contributed by atoms with Crippen molar-refractivity contribution >= 4 is 34.5 Å². The van der Waals surface area contributed by atoms with Crippen LogP contribution in [0.1, 0.15) is 41.4 Å². The van der Waals surface area contributed by atoms with E-state index < -0.39 is 0 Å². The van der Waals surface area contributed by atoms with Crippen molar-refractivity contribution in [1.29, 1.82) is 0 Å². The monoisotopic (exact) mass is 378 g/mol. The molecule has 5 nitrogen and oxygen atoms in total. The number of guanidine groups is 1. The van der Waals surface area contributed by atoms with Crippen LogP contribution in [0.4, 0.5) is 0 Å². The Morgan fingerprint density at radius 3 is 2.72 bits per heavy atom. The van der Waals surface area contributed by atoms with Gasteiger partial charge in [0.1, 0.15) is 0 Å². The first-order valence-electron chi connectivity index (χ1n) is 8.56. The van der Waals surface area contributed by atoms with E-state index in [1.165, 1.54) is 16.9 Å². The SMILES string of the molecule is CCNC(=NCC(C)c1ccsc1)NCCCNC(=O)c1cccs1. The van der Waals surface area contributed by atoms with Gasteiger partial charge in [-0.3, -0.25) is 9.79 Å². The quantitative estimate of drug-likeness (QED) is 0.356. The molecule has 2 heterocycles. The Morgan fingerprint density at radius 1 is 1.20 bits per heavy atom. The van der Waals surface area contributed by atoms with Gasteiger partial charge in [0.05, 0.1) is 4.88 Å². The predicted molar refractivity (Wildman–Crippen MR) is 108 cm³/mol. The summed E-state index contributed by atoms with van der Waals surface area (Å²) < 4.78 is 0. The number of carbonyl (C=O) groups is 1. The highest BCUT2D eigenvalue weighted by atomic mass is 32.1. The van der Waals surface area contributed by atoms with E-state index in [4.69, 9.17) is 0 Å². The number of hydrogen-bond acceptors (Lipinski definition) is 4. The Bertz CT molecular complexity index is 638. The van der Waals surface area contributed by atoms with E-state index in [0.29, 0.717) is 12.5 Å². The van der Waals surface area contributed by atoms with Crippen molar-refractivity contribution < 1.29 is 4.79 Å². The van der Waals surface area contributed by atoms with E-state index in [1.807, 2.05) is 17.5 Å². The highest BCUT2D eigenvalue weighted by molar-refractivity contribution is 7.12. The number of rotatable bonds is 9. The Balaban J connectivity index is 1.68. The zero-order valence-corrected chi connectivity index (χ0v) is 16.4. The van der Waals surface area contributed by atoms with E-state index in [2.05, 4.69) is 51.6 Å². The summed E-state index contributed by atoms with van der Waals surface area (Å²) in [6.45, 7) is 7.24. The van der Waals surface area contributed by atoms with Crippen molar-refractivity contribution in [3.63, 3.8) is 0 Å². The molecule has 1 amide bonds. The lowest BCUT2D eigenvalue weighted by molar-refractivity contribution is 0.0957. The van der Waals surface area contributed by atoms with E-state index in [1.54, 1.807) is 11.3 Å². The van der Waals surface area contributed by atoms with E-state index in [-0.39, 0.29) is 5.91 Å². The molecule has 0 spiro atoms. The summed E-state index contributed by atoms with van der Waals surface area (Å²) in [6.07, 6.45) is 0.849. The van der Waals surface area contributed by atoms with Gasteiger partial charge in [0.15, 0.2) is 5.96 Å². The summed E-state index contributed by atoms with van der Waals surface area (Å²) in [6, 6.07) is 5.88. The number of nitrogens with zero attached hydrogens (tertiary/aromatic N) is 1. The lowest BCUT2D eigenvalue weighted by atomic mass is 10.1. The van der Waals surface area contributed by atoms with Gasteiger partial charge in [0.25, 0.3) is 5.91 Å². The molecule has 0 aliphatic carbocycles. The van der Waals surface area contributed by atoms with Crippen molar-refractivity contribution in [2.75, 3.05) is 26.2 Å². The second-order valence-corrected chi connectivity index (χ2v) is 7.42. The molecule has 1 unspecified atom stereocenters. The zero-order chi connectivity index (χ0) is 17.9. The molecule has 2 aromatic rings. The van der Waals surface area contributed by atoms with E-state index in [0.717, 1.165) is 36.9 Å². The summed E-state index contributed by atoms with van der Waals surface area (Å²) in [5.74, 6) is 1.24. The van der Waals surface area contributed by atoms with Gasteiger partial charge >= 0.3 is 0 Å². The first kappa shape index (κ1) is 19.5. The average molecular weight is 379 g/mol. The predicted octanol–water partition coefficient (Wildman–Crippen LogP) is 3.29. The van der Waals surface area contributed by atoms with Gasteiger partial charge in [-0.25, -0.2) is 0 Å². The highest BCUT2D eigenvalue weighted by Crippen LogP contribution is 2.18. The van der Waals surface area contributed by atoms with Crippen LogP contribution < -0.4 is 16.0 Å². The second-order valence-electron chi connectivity index (χ2n) is 5.69. The summed E-state index contributed by atoms with van der Waals surface area (Å²) in [5, 5.41) is 15.7. The average Bonchev–Trinajstić information content (AvgIpc) is 3.32. The molecule has 3 N–H and O–H groups in total. The molecule has 7 heteroatoms. The van der Waals surface area contributed by atoms with Crippen LogP contribution in [-0.4, -0.2) is 38.0 Å². The number of nitrogens with one attached hydrogen (secondary N) is 3. The van der Waals surface area contributed by atoms with Gasteiger partial charge in [-0.1, -0.05) is 13.0 Å². The van der Waals surface area contributed by atoms with Crippen LogP contribution in [0.15, 0.2) is 39.3 Å². The fourth-order valence-electron chi connectivity index (χ4n) is 2.22. The maximum absolute atomic E-state index is 11.8. The van der Waals surface area contributed by atoms with Crippen LogP contribution in [0.25, 0.3) is 0 Å². The molecule has 0 aromatic carbocycles. The normalized spacial score (nSPS) is 12.6. The Hall–Kier alpha value is -1.86. The van der Waals surface area contributed by atoms with Crippen LogP contribution in [0.3, 0.4) is 0 Å². The maximum Gasteiger partial charge on any atom is 0.261 e. The molecule has 0 fully saturated rings. The van der Waals surface area contributed by atoms with Crippen LogP contribution in [0, 0.1) is 0 Å². The number of hydrogen-bond donors (Lipinski definition) is 3. The van der Waals surface area contributed by atoms with Crippen LogP contribution in [-0.2, 0) is 0 Å². The lowest BCUT2D eigenvalue weighted by Crippen LogP contribution is -2.39. The second kappa shape index (κ2) is 10.9. The largest absolute Gasteiger partial charge is 0.357 e. The van der Waals surface area contributed by atoms with Crippen molar-refractivity contribution in [3.8, 4) is 0 Å². The Morgan fingerprint density at radius 2 is 2.04 bits per heavy atom. The minimum atomic E-state index is 0.000150. The molecule has 1 atom stereocenters. The van der Waals surface area contributed by atoms with Gasteiger partial charge in [-0.15, -0.1) is 11.3 Å². The van der Waals surface area contributed by atoms with Crippen LogP contribution >= 0.6 is 22.7 Å². The summed E-state index contributed by atoms with van der Waals surface area (Å²) >= 11 is 3.18. The molecule has 2 rings (SSSR count). The highest BCUT2D eigenvalue weighted by Gasteiger charge is 2.07. The van der Waals surface area contributed by atoms with Gasteiger partial charge in [0.2, 0.25) is 0 Å². The molecule has 0 saturated carbocycles. The molecular formula is C18H26N4OS2. The third-order valence-electron chi connectivity index (χ3n) is 3.66. The van der Waals surface area contributed by atoms with Gasteiger partial charge in [-0.2, -0.15) is 11.3 Å². The third kappa shape index (κ3) is 6.88. The molecular weight excluding hydrogens is 352 g/mol. The van der Waals surface area contributed by atoms with Crippen LogP contribution in [0.5, 0.6) is 0 Å². The first-order valence-corrected chi connectivity index (χ1v) is 10.4. The minimum Gasteiger partial charge on any atom is -0.357 e. The number of aliphatic imine (C=N–C) groups is 1. The number of carbonyl (C=O) groups excluding carboxylic acids is 1. The molecule has 0 aliphatic heterocycles. The molecule has 0 aliphatic rings. The van der Waals surface area contributed by atoms with Crippen molar-refractivity contribution in [1.82, 2.24) is 16.0 Å². The van der Waals surface area contributed by atoms with Gasteiger partial charge in [-0.05, 0) is 47.2 Å². The Kier molecular flexibility index (Phi) is 8.48. The summed E-state index contributed by atoms with van der Waals surface area (Å²) in [5.41, 5.74) is 1.33. The van der Waals surface area contributed by atoms with Crippen molar-refractivity contribution in [2.24, 2.45) is 4.99 Å². The minimum absolute atomic E-state index is 0.000150. The summed E-state index contributed by atoms with van der Waals surface area (Å²) in [7, 11) is 0. The fraction of sp³-hybridized carbons (Fsp3) is 0.444. The molecule has 0 saturated heterocycles. The zero-order valence-electron chi connectivity index (χ0n) is 14.7. The van der Waals surface area contributed by atoms with E-state index in [9.17, 15) is 4.79 Å². The molecule has 0 bridgehead atoms. The standard InChI is InChI=1S/C18H26N4OS2/c1-3-19-18(22-12-14(2)15-7-11-24-13-15)21-9-5-8-20-17(23)16-6-4-10-25-16/h4,6-7,10-11,13-14H,3,5,8-9,12H2,1-2H3,(H,20,23)(H2,19,21,22). The van der Waals surface area contributed by atoms with Gasteiger partial charge < -0.3 is 16.0 Å². The van der Waals surface area contributed by atoms with Crippen molar-refractivity contribution in [2.45, 2.75) is 26.2 Å². The number of thiophene rings is 2. The Labute approximate surface area is 157 Å². The fourth-order valence-corrected chi connectivity index (χ4v) is 3.65. The molecule has 2 aromatic heterocycles.